The van der Waals surface area contributed by atoms with E-state index < -0.39 is 12.1 Å². The van der Waals surface area contributed by atoms with Gasteiger partial charge in [-0.05, 0) is 83.5 Å². The molecule has 2 atom stereocenters. The number of esters is 1. The zero-order valence-corrected chi connectivity index (χ0v) is 31.4. The number of rotatable bonds is 35. The molecule has 0 fully saturated rings. The standard InChI is InChI=1S/C39H72O6.C2H6O/c1-2-3-4-5-6-7-13-16-19-22-25-29-36(31-28-33-39(44)45-35-37(41)34-40)30-26-23-20-17-14-11-9-8-10-12-15-18-21-24-27-32-38(42)43;1-2-3/h8,10,16,19,36-37,40-41H,2-7,9,11-15,17-18,20-35H2,1H3,(H,42,43);3H,2H2,1H3/b10-8-,19-16-;. The molecule has 0 saturated carbocycles. The Kier molecular flexibility index (Phi) is 41.8. The molecule has 0 aromatic rings. The molecule has 0 heterocycles. The largest absolute Gasteiger partial charge is 0.481 e. The molecule has 0 aromatic carbocycles. The lowest BCUT2D eigenvalue weighted by molar-refractivity contribution is -0.147. The predicted octanol–water partition coefficient (Wildman–Crippen LogP) is 10.6. The Morgan fingerprint density at radius 1 is 0.562 bits per heavy atom. The molecule has 0 rings (SSSR count). The van der Waals surface area contributed by atoms with Crippen molar-refractivity contribution in [3.63, 3.8) is 0 Å². The molecule has 48 heavy (non-hydrogen) atoms. The van der Waals surface area contributed by atoms with Gasteiger partial charge in [-0.3, -0.25) is 9.59 Å². The molecule has 0 amide bonds. The highest BCUT2D eigenvalue weighted by Gasteiger charge is 2.12. The molecule has 0 aliphatic heterocycles. The van der Waals surface area contributed by atoms with Crippen molar-refractivity contribution in [2.75, 3.05) is 19.8 Å². The molecule has 7 heteroatoms. The highest BCUT2D eigenvalue weighted by Crippen LogP contribution is 2.24. The van der Waals surface area contributed by atoms with E-state index in [0.717, 1.165) is 44.9 Å². The molecule has 0 saturated heterocycles. The van der Waals surface area contributed by atoms with Crippen LogP contribution in [0.15, 0.2) is 24.3 Å². The van der Waals surface area contributed by atoms with Crippen LogP contribution in [0.4, 0.5) is 0 Å². The molecular weight excluding hydrogens is 604 g/mol. The number of aliphatic hydroxyl groups excluding tert-OH is 3. The summed E-state index contributed by atoms with van der Waals surface area (Å²) in [6.07, 6.45) is 40.5. The number of allylic oxidation sites excluding steroid dienone is 4. The highest BCUT2D eigenvalue weighted by atomic mass is 16.5. The number of aliphatic carboxylic acids is 1. The van der Waals surface area contributed by atoms with Crippen LogP contribution in [0.1, 0.15) is 194 Å². The molecular formula is C41H78O7. The van der Waals surface area contributed by atoms with E-state index >= 15 is 0 Å². The van der Waals surface area contributed by atoms with E-state index in [2.05, 4.69) is 31.2 Å². The van der Waals surface area contributed by atoms with Crippen LogP contribution in [0.3, 0.4) is 0 Å². The van der Waals surface area contributed by atoms with Crippen LogP contribution in [0.2, 0.25) is 0 Å². The van der Waals surface area contributed by atoms with Gasteiger partial charge in [-0.25, -0.2) is 0 Å². The fourth-order valence-electron chi connectivity index (χ4n) is 5.79. The number of carboxylic acids is 1. The van der Waals surface area contributed by atoms with E-state index in [1.54, 1.807) is 6.92 Å². The van der Waals surface area contributed by atoms with Gasteiger partial charge >= 0.3 is 11.9 Å². The van der Waals surface area contributed by atoms with Crippen molar-refractivity contribution in [1.29, 1.82) is 0 Å². The third-order valence-corrected chi connectivity index (χ3v) is 8.68. The Morgan fingerprint density at radius 3 is 1.48 bits per heavy atom. The Morgan fingerprint density at radius 2 is 0.979 bits per heavy atom. The van der Waals surface area contributed by atoms with E-state index in [9.17, 15) is 14.7 Å². The van der Waals surface area contributed by atoms with Crippen molar-refractivity contribution in [2.45, 2.75) is 200 Å². The third kappa shape index (κ3) is 42.3. The molecule has 284 valence electrons. The lowest BCUT2D eigenvalue weighted by atomic mass is 9.90. The average molecular weight is 683 g/mol. The Bertz CT molecular complexity index is 722. The summed E-state index contributed by atoms with van der Waals surface area (Å²) in [5, 5.41) is 34.5. The first-order chi connectivity index (χ1) is 23.4. The van der Waals surface area contributed by atoms with Crippen LogP contribution < -0.4 is 0 Å². The van der Waals surface area contributed by atoms with E-state index in [4.69, 9.17) is 20.1 Å². The quantitative estimate of drug-likeness (QED) is 0.0298. The summed E-state index contributed by atoms with van der Waals surface area (Å²) in [5.74, 6) is -0.306. The normalized spacial score (nSPS) is 12.7. The van der Waals surface area contributed by atoms with Gasteiger partial charge in [-0.2, -0.15) is 0 Å². The monoisotopic (exact) mass is 683 g/mol. The van der Waals surface area contributed by atoms with Gasteiger partial charge in [0.05, 0.1) is 6.61 Å². The average Bonchev–Trinajstić information content (AvgIpc) is 3.07. The van der Waals surface area contributed by atoms with E-state index in [1.165, 1.54) is 122 Å². The summed E-state index contributed by atoms with van der Waals surface area (Å²) >= 11 is 0. The molecule has 0 aliphatic carbocycles. The number of unbranched alkanes of at least 4 members (excludes halogenated alkanes) is 18. The van der Waals surface area contributed by atoms with E-state index in [0.29, 0.717) is 18.8 Å². The van der Waals surface area contributed by atoms with Gasteiger partial charge in [0, 0.05) is 19.4 Å². The fourth-order valence-corrected chi connectivity index (χ4v) is 5.79. The fraction of sp³-hybridized carbons (Fsp3) is 0.854. The Labute approximate surface area is 296 Å². The van der Waals surface area contributed by atoms with Crippen molar-refractivity contribution >= 4 is 11.9 Å². The van der Waals surface area contributed by atoms with Crippen molar-refractivity contribution in [1.82, 2.24) is 0 Å². The number of hydrogen-bond donors (Lipinski definition) is 4. The Balaban J connectivity index is 0. The first-order valence-electron chi connectivity index (χ1n) is 20.0. The number of carboxylic acid groups (broad SMARTS) is 1. The first-order valence-corrected chi connectivity index (χ1v) is 20.0. The van der Waals surface area contributed by atoms with Gasteiger partial charge in [0.15, 0.2) is 0 Å². The molecule has 0 aliphatic rings. The molecule has 4 N–H and O–H groups in total. The number of ether oxygens (including phenoxy) is 1. The summed E-state index contributed by atoms with van der Waals surface area (Å²) in [7, 11) is 0. The number of hydrogen-bond acceptors (Lipinski definition) is 6. The first kappa shape index (κ1) is 48.4. The molecule has 2 unspecified atom stereocenters. The second kappa shape index (κ2) is 41.5. The molecule has 0 bridgehead atoms. The van der Waals surface area contributed by atoms with Crippen molar-refractivity contribution in [2.24, 2.45) is 5.92 Å². The summed E-state index contributed by atoms with van der Waals surface area (Å²) in [6.45, 7) is 3.68. The van der Waals surface area contributed by atoms with Gasteiger partial charge in [0.25, 0.3) is 0 Å². The number of carbonyl (C=O) groups excluding carboxylic acids is 1. The topological polar surface area (TPSA) is 124 Å². The van der Waals surface area contributed by atoms with E-state index in [-0.39, 0.29) is 25.8 Å². The lowest BCUT2D eigenvalue weighted by Gasteiger charge is -2.16. The zero-order chi connectivity index (χ0) is 35.8. The van der Waals surface area contributed by atoms with Crippen LogP contribution in [-0.4, -0.2) is 58.3 Å². The second-order valence-corrected chi connectivity index (χ2v) is 13.4. The summed E-state index contributed by atoms with van der Waals surface area (Å²) in [4.78, 5) is 22.5. The number of carbonyl (C=O) groups is 2. The SMILES string of the molecule is CCCCCCCC/C=C\CCCC(CCCCCCCC/C=C\CCCCCCCC(=O)O)CCCC(=O)OCC(O)CO.CCO. The van der Waals surface area contributed by atoms with Crippen molar-refractivity contribution in [3.8, 4) is 0 Å². The minimum Gasteiger partial charge on any atom is -0.481 e. The van der Waals surface area contributed by atoms with Gasteiger partial charge in [0.1, 0.15) is 12.7 Å². The summed E-state index contributed by atoms with van der Waals surface area (Å²) in [6, 6.07) is 0. The second-order valence-electron chi connectivity index (χ2n) is 13.4. The van der Waals surface area contributed by atoms with Gasteiger partial charge in [-0.1, -0.05) is 128 Å². The van der Waals surface area contributed by atoms with Crippen LogP contribution >= 0.6 is 0 Å². The highest BCUT2D eigenvalue weighted by molar-refractivity contribution is 5.69. The smallest absolute Gasteiger partial charge is 0.305 e. The van der Waals surface area contributed by atoms with E-state index in [1.807, 2.05) is 0 Å². The molecule has 0 spiro atoms. The molecule has 0 radical (unpaired) electrons. The number of aliphatic hydroxyl groups is 3. The van der Waals surface area contributed by atoms with Crippen LogP contribution in [-0.2, 0) is 14.3 Å². The third-order valence-electron chi connectivity index (χ3n) is 8.68. The maximum absolute atomic E-state index is 12.0. The van der Waals surface area contributed by atoms with Crippen molar-refractivity contribution < 1.29 is 34.8 Å². The van der Waals surface area contributed by atoms with Gasteiger partial charge in [-0.15, -0.1) is 0 Å². The van der Waals surface area contributed by atoms with Gasteiger partial charge in [0.2, 0.25) is 0 Å². The minimum atomic E-state index is -0.989. The van der Waals surface area contributed by atoms with Crippen LogP contribution in [0.25, 0.3) is 0 Å². The zero-order valence-electron chi connectivity index (χ0n) is 31.4. The summed E-state index contributed by atoms with van der Waals surface area (Å²) < 4.78 is 5.07. The molecule has 0 aromatic heterocycles. The van der Waals surface area contributed by atoms with Gasteiger partial charge < -0.3 is 25.2 Å². The lowest BCUT2D eigenvalue weighted by Crippen LogP contribution is -2.21. The minimum absolute atomic E-state index is 0.126. The maximum atomic E-state index is 12.0. The van der Waals surface area contributed by atoms with Crippen LogP contribution in [0.5, 0.6) is 0 Å². The Hall–Kier alpha value is -1.70. The summed E-state index contributed by atoms with van der Waals surface area (Å²) in [5.41, 5.74) is 0. The van der Waals surface area contributed by atoms with Crippen LogP contribution in [0, 0.1) is 5.92 Å². The van der Waals surface area contributed by atoms with Crippen molar-refractivity contribution in [3.05, 3.63) is 24.3 Å². The predicted molar refractivity (Wildman–Crippen MR) is 201 cm³/mol. The molecule has 7 nitrogen and oxygen atoms in total. The maximum Gasteiger partial charge on any atom is 0.305 e.